The summed E-state index contributed by atoms with van der Waals surface area (Å²) in [6.07, 6.45) is 1.36. The van der Waals surface area contributed by atoms with Gasteiger partial charge < -0.3 is 25.6 Å². The zero-order valence-corrected chi connectivity index (χ0v) is 16.4. The van der Waals surface area contributed by atoms with Crippen LogP contribution >= 0.6 is 0 Å². The van der Waals surface area contributed by atoms with Gasteiger partial charge in [0.15, 0.2) is 0 Å². The topological polar surface area (TPSA) is 99.8 Å². The summed E-state index contributed by atoms with van der Waals surface area (Å²) in [4.78, 5) is 38.0. The van der Waals surface area contributed by atoms with Gasteiger partial charge in [-0.1, -0.05) is 0 Å². The molecule has 1 atom stereocenters. The Morgan fingerprint density at radius 2 is 1.45 bits per heavy atom. The van der Waals surface area contributed by atoms with Crippen molar-refractivity contribution in [3.63, 3.8) is 0 Å². The summed E-state index contributed by atoms with van der Waals surface area (Å²) in [6.45, 7) is 1.95. The normalized spacial score (nSPS) is 15.5. The van der Waals surface area contributed by atoms with Gasteiger partial charge in [0.2, 0.25) is 11.8 Å². The van der Waals surface area contributed by atoms with Crippen LogP contribution in [0.25, 0.3) is 0 Å². The lowest BCUT2D eigenvalue weighted by Gasteiger charge is -2.24. The Balaban J connectivity index is 1.60. The molecule has 1 fully saturated rings. The fraction of sp³-hybridized carbons (Fsp3) is 0.286. The fourth-order valence-corrected chi connectivity index (χ4v) is 3.22. The first-order chi connectivity index (χ1) is 14.0. The lowest BCUT2D eigenvalue weighted by molar-refractivity contribution is -0.119. The minimum absolute atomic E-state index is 0.161. The summed E-state index contributed by atoms with van der Waals surface area (Å²) in [5, 5.41) is 8.33. The molecule has 0 spiro atoms. The molecule has 1 saturated heterocycles. The SMILES string of the molecule is COc1ccc(NC(=O)N2CCC[C@H]2C(=O)Nc2ccc(NC(C)=O)cc2)cc1. The number of rotatable bonds is 5. The molecule has 0 saturated carbocycles. The third-order valence-corrected chi connectivity index (χ3v) is 4.63. The summed E-state index contributed by atoms with van der Waals surface area (Å²) in [5.41, 5.74) is 1.89. The zero-order chi connectivity index (χ0) is 20.8. The van der Waals surface area contributed by atoms with Crippen molar-refractivity contribution in [2.75, 3.05) is 29.6 Å². The first kappa shape index (κ1) is 20.2. The number of carbonyl (C=O) groups is 3. The Bertz CT molecular complexity index is 881. The zero-order valence-electron chi connectivity index (χ0n) is 16.4. The van der Waals surface area contributed by atoms with Gasteiger partial charge in [0, 0.05) is 30.5 Å². The number of amides is 4. The van der Waals surface area contributed by atoms with Crippen LogP contribution in [0.15, 0.2) is 48.5 Å². The van der Waals surface area contributed by atoms with Crippen LogP contribution in [0.5, 0.6) is 5.75 Å². The second kappa shape index (κ2) is 9.09. The smallest absolute Gasteiger partial charge is 0.322 e. The average Bonchev–Trinajstić information content (AvgIpc) is 3.20. The van der Waals surface area contributed by atoms with Crippen molar-refractivity contribution < 1.29 is 19.1 Å². The largest absolute Gasteiger partial charge is 0.497 e. The van der Waals surface area contributed by atoms with E-state index in [0.717, 1.165) is 6.42 Å². The molecule has 4 amide bonds. The van der Waals surface area contributed by atoms with E-state index in [1.165, 1.54) is 6.92 Å². The maximum Gasteiger partial charge on any atom is 0.322 e. The van der Waals surface area contributed by atoms with Crippen LogP contribution in [0.1, 0.15) is 19.8 Å². The third kappa shape index (κ3) is 5.25. The molecule has 0 unspecified atom stereocenters. The number of likely N-dealkylation sites (tertiary alicyclic amines) is 1. The summed E-state index contributed by atoms with van der Waals surface area (Å²) < 4.78 is 5.11. The molecule has 3 rings (SSSR count). The lowest BCUT2D eigenvalue weighted by Crippen LogP contribution is -2.45. The van der Waals surface area contributed by atoms with Crippen molar-refractivity contribution in [1.29, 1.82) is 0 Å². The van der Waals surface area contributed by atoms with Crippen molar-refractivity contribution in [3.05, 3.63) is 48.5 Å². The Morgan fingerprint density at radius 3 is 2.03 bits per heavy atom. The highest BCUT2D eigenvalue weighted by Crippen LogP contribution is 2.22. The molecule has 0 aromatic heterocycles. The van der Waals surface area contributed by atoms with E-state index in [2.05, 4.69) is 16.0 Å². The number of carbonyl (C=O) groups excluding carboxylic acids is 3. The first-order valence-electron chi connectivity index (χ1n) is 9.36. The highest BCUT2D eigenvalue weighted by Gasteiger charge is 2.34. The summed E-state index contributed by atoms with van der Waals surface area (Å²) in [6, 6.07) is 13.0. The molecular formula is C21H24N4O4. The number of hydrogen-bond acceptors (Lipinski definition) is 4. The second-order valence-electron chi connectivity index (χ2n) is 6.76. The van der Waals surface area contributed by atoms with Crippen LogP contribution in [0.2, 0.25) is 0 Å². The standard InChI is InChI=1S/C21H24N4O4/c1-14(26)22-15-5-7-16(8-6-15)23-20(27)19-4-3-13-25(19)21(28)24-17-9-11-18(29-2)12-10-17/h5-12,19H,3-4,13H2,1-2H3,(H,22,26)(H,23,27)(H,24,28)/t19-/m0/s1. The van der Waals surface area contributed by atoms with Crippen molar-refractivity contribution >= 4 is 34.9 Å². The highest BCUT2D eigenvalue weighted by atomic mass is 16.5. The molecule has 2 aromatic carbocycles. The Morgan fingerprint density at radius 1 is 0.897 bits per heavy atom. The molecule has 8 nitrogen and oxygen atoms in total. The second-order valence-corrected chi connectivity index (χ2v) is 6.76. The van der Waals surface area contributed by atoms with Gasteiger partial charge in [0.25, 0.3) is 0 Å². The van der Waals surface area contributed by atoms with Crippen LogP contribution < -0.4 is 20.7 Å². The van der Waals surface area contributed by atoms with E-state index in [1.54, 1.807) is 60.5 Å². The van der Waals surface area contributed by atoms with Gasteiger partial charge in [-0.2, -0.15) is 0 Å². The van der Waals surface area contributed by atoms with Crippen LogP contribution in [0.4, 0.5) is 21.9 Å². The third-order valence-electron chi connectivity index (χ3n) is 4.63. The predicted molar refractivity (Wildman–Crippen MR) is 111 cm³/mol. The number of benzene rings is 2. The van der Waals surface area contributed by atoms with Gasteiger partial charge in [0.1, 0.15) is 11.8 Å². The molecule has 152 valence electrons. The summed E-state index contributed by atoms with van der Waals surface area (Å²) in [7, 11) is 1.58. The van der Waals surface area contributed by atoms with E-state index in [1.807, 2.05) is 0 Å². The molecule has 8 heteroatoms. The number of hydrogen-bond donors (Lipinski definition) is 3. The predicted octanol–water partition coefficient (Wildman–Crippen LogP) is 3.29. The Labute approximate surface area is 169 Å². The monoisotopic (exact) mass is 396 g/mol. The van der Waals surface area contributed by atoms with Crippen LogP contribution in [-0.4, -0.2) is 42.4 Å². The van der Waals surface area contributed by atoms with Gasteiger partial charge in [0.05, 0.1) is 7.11 Å². The quantitative estimate of drug-likeness (QED) is 0.722. The van der Waals surface area contributed by atoms with Gasteiger partial charge in [-0.25, -0.2) is 4.79 Å². The molecule has 3 N–H and O–H groups in total. The minimum Gasteiger partial charge on any atom is -0.497 e. The molecule has 1 aliphatic rings. The molecule has 1 heterocycles. The van der Waals surface area contributed by atoms with Gasteiger partial charge in [-0.15, -0.1) is 0 Å². The molecule has 0 bridgehead atoms. The fourth-order valence-electron chi connectivity index (χ4n) is 3.22. The number of ether oxygens (including phenoxy) is 1. The van der Waals surface area contributed by atoms with Crippen molar-refractivity contribution in [3.8, 4) is 5.75 Å². The van der Waals surface area contributed by atoms with Crippen molar-refractivity contribution in [2.45, 2.75) is 25.8 Å². The molecule has 29 heavy (non-hydrogen) atoms. The first-order valence-corrected chi connectivity index (χ1v) is 9.36. The van der Waals surface area contributed by atoms with Crippen LogP contribution in [0.3, 0.4) is 0 Å². The highest BCUT2D eigenvalue weighted by molar-refractivity contribution is 5.99. The molecule has 1 aliphatic heterocycles. The van der Waals surface area contributed by atoms with Crippen LogP contribution in [-0.2, 0) is 9.59 Å². The average molecular weight is 396 g/mol. The summed E-state index contributed by atoms with van der Waals surface area (Å²) >= 11 is 0. The van der Waals surface area contributed by atoms with Gasteiger partial charge >= 0.3 is 6.03 Å². The number of anilines is 3. The number of urea groups is 1. The molecule has 0 radical (unpaired) electrons. The van der Waals surface area contributed by atoms with E-state index in [9.17, 15) is 14.4 Å². The van der Waals surface area contributed by atoms with E-state index in [0.29, 0.717) is 35.8 Å². The maximum absolute atomic E-state index is 12.7. The van der Waals surface area contributed by atoms with E-state index in [-0.39, 0.29) is 17.8 Å². The Kier molecular flexibility index (Phi) is 6.33. The minimum atomic E-state index is -0.539. The van der Waals surface area contributed by atoms with Crippen molar-refractivity contribution in [1.82, 2.24) is 4.90 Å². The number of nitrogens with one attached hydrogen (secondary N) is 3. The lowest BCUT2D eigenvalue weighted by atomic mass is 10.2. The van der Waals surface area contributed by atoms with E-state index in [4.69, 9.17) is 4.74 Å². The van der Waals surface area contributed by atoms with E-state index < -0.39 is 6.04 Å². The molecule has 2 aromatic rings. The van der Waals surface area contributed by atoms with Crippen molar-refractivity contribution in [2.24, 2.45) is 0 Å². The molecular weight excluding hydrogens is 372 g/mol. The number of methoxy groups -OCH3 is 1. The molecule has 0 aliphatic carbocycles. The Hall–Kier alpha value is -3.55. The number of nitrogens with zero attached hydrogens (tertiary/aromatic N) is 1. The summed E-state index contributed by atoms with van der Waals surface area (Å²) in [5.74, 6) is 0.303. The van der Waals surface area contributed by atoms with Gasteiger partial charge in [-0.3, -0.25) is 9.59 Å². The van der Waals surface area contributed by atoms with Gasteiger partial charge in [-0.05, 0) is 61.4 Å². The maximum atomic E-state index is 12.7. The van der Waals surface area contributed by atoms with Crippen LogP contribution in [0, 0.1) is 0 Å². The van der Waals surface area contributed by atoms with E-state index >= 15 is 0 Å².